The highest BCUT2D eigenvalue weighted by Crippen LogP contribution is 2.22. The number of carbonyl (C=O) groups is 2. The standard InChI is InChI=1S/C12H22O3/c1-8(2)10(13)12(5,6)7-15-11(14)9(3)4/h8-9H,7H2,1-6H3. The highest BCUT2D eigenvalue weighted by atomic mass is 16.5. The van der Waals surface area contributed by atoms with Gasteiger partial charge >= 0.3 is 5.97 Å². The van der Waals surface area contributed by atoms with Crippen LogP contribution in [0.4, 0.5) is 0 Å². The Labute approximate surface area is 92.2 Å². The molecule has 0 aromatic rings. The minimum atomic E-state index is -0.585. The summed E-state index contributed by atoms with van der Waals surface area (Å²) in [7, 11) is 0. The largest absolute Gasteiger partial charge is 0.464 e. The van der Waals surface area contributed by atoms with E-state index >= 15 is 0 Å². The lowest BCUT2D eigenvalue weighted by molar-refractivity contribution is -0.153. The SMILES string of the molecule is CC(C)C(=O)OCC(C)(C)C(=O)C(C)C. The van der Waals surface area contributed by atoms with Crippen LogP contribution in [0.5, 0.6) is 0 Å². The Morgan fingerprint density at radius 1 is 1.07 bits per heavy atom. The van der Waals surface area contributed by atoms with Crippen molar-refractivity contribution < 1.29 is 14.3 Å². The predicted octanol–water partition coefficient (Wildman–Crippen LogP) is 2.44. The van der Waals surface area contributed by atoms with Crippen LogP contribution in [0, 0.1) is 17.3 Å². The number of hydrogen-bond donors (Lipinski definition) is 0. The molecule has 0 saturated carbocycles. The Morgan fingerprint density at radius 3 is 1.87 bits per heavy atom. The molecule has 0 fully saturated rings. The summed E-state index contributed by atoms with van der Waals surface area (Å²) >= 11 is 0. The zero-order valence-electron chi connectivity index (χ0n) is 10.6. The highest BCUT2D eigenvalue weighted by Gasteiger charge is 2.31. The smallest absolute Gasteiger partial charge is 0.308 e. The topological polar surface area (TPSA) is 43.4 Å². The number of hydrogen-bond acceptors (Lipinski definition) is 3. The molecule has 0 atom stereocenters. The van der Waals surface area contributed by atoms with Gasteiger partial charge in [0.15, 0.2) is 0 Å². The number of Topliss-reactive ketones (excluding diaryl/α,β-unsaturated/α-hetero) is 1. The first-order chi connectivity index (χ1) is 6.68. The fourth-order valence-electron chi connectivity index (χ4n) is 1.27. The summed E-state index contributed by atoms with van der Waals surface area (Å²) < 4.78 is 5.08. The third-order valence-electron chi connectivity index (χ3n) is 2.24. The van der Waals surface area contributed by atoms with Crippen LogP contribution in [-0.4, -0.2) is 18.4 Å². The molecule has 0 aromatic carbocycles. The van der Waals surface area contributed by atoms with E-state index in [-0.39, 0.29) is 30.2 Å². The van der Waals surface area contributed by atoms with Gasteiger partial charge in [0, 0.05) is 5.92 Å². The Balaban J connectivity index is 4.27. The maximum Gasteiger partial charge on any atom is 0.308 e. The lowest BCUT2D eigenvalue weighted by atomic mass is 9.83. The molecule has 0 unspecified atom stereocenters. The summed E-state index contributed by atoms with van der Waals surface area (Å²) in [6, 6.07) is 0. The van der Waals surface area contributed by atoms with Crippen molar-refractivity contribution in [3.05, 3.63) is 0 Å². The van der Waals surface area contributed by atoms with E-state index in [1.165, 1.54) is 0 Å². The van der Waals surface area contributed by atoms with Crippen molar-refractivity contribution in [3.8, 4) is 0 Å². The fourth-order valence-corrected chi connectivity index (χ4v) is 1.27. The molecule has 0 heterocycles. The van der Waals surface area contributed by atoms with Crippen LogP contribution in [-0.2, 0) is 14.3 Å². The Kier molecular flexibility index (Phi) is 4.98. The second kappa shape index (κ2) is 5.29. The van der Waals surface area contributed by atoms with Crippen molar-refractivity contribution in [2.75, 3.05) is 6.61 Å². The van der Waals surface area contributed by atoms with Gasteiger partial charge in [-0.05, 0) is 13.8 Å². The van der Waals surface area contributed by atoms with E-state index in [0.717, 1.165) is 0 Å². The molecular formula is C12H22O3. The van der Waals surface area contributed by atoms with Gasteiger partial charge in [0.2, 0.25) is 0 Å². The lowest BCUT2D eigenvalue weighted by Crippen LogP contribution is -2.34. The van der Waals surface area contributed by atoms with E-state index in [2.05, 4.69) is 0 Å². The maximum atomic E-state index is 11.8. The molecule has 0 amide bonds. The van der Waals surface area contributed by atoms with Gasteiger partial charge in [-0.3, -0.25) is 9.59 Å². The molecule has 3 heteroatoms. The van der Waals surface area contributed by atoms with Crippen molar-refractivity contribution in [1.82, 2.24) is 0 Å². The van der Waals surface area contributed by atoms with Crippen LogP contribution in [0.25, 0.3) is 0 Å². The van der Waals surface area contributed by atoms with E-state index in [1.54, 1.807) is 13.8 Å². The van der Waals surface area contributed by atoms with E-state index in [0.29, 0.717) is 0 Å². The number of ketones is 1. The number of esters is 1. The van der Waals surface area contributed by atoms with Gasteiger partial charge in [0.25, 0.3) is 0 Å². The van der Waals surface area contributed by atoms with E-state index in [1.807, 2.05) is 27.7 Å². The lowest BCUT2D eigenvalue weighted by Gasteiger charge is -2.25. The second-order valence-corrected chi connectivity index (χ2v) is 5.17. The minimum Gasteiger partial charge on any atom is -0.464 e. The van der Waals surface area contributed by atoms with Gasteiger partial charge in [-0.1, -0.05) is 27.7 Å². The molecule has 0 bridgehead atoms. The van der Waals surface area contributed by atoms with Crippen molar-refractivity contribution in [2.45, 2.75) is 41.5 Å². The zero-order chi connectivity index (χ0) is 12.2. The summed E-state index contributed by atoms with van der Waals surface area (Å²) in [6.07, 6.45) is 0. The monoisotopic (exact) mass is 214 g/mol. The van der Waals surface area contributed by atoms with Crippen molar-refractivity contribution >= 4 is 11.8 Å². The maximum absolute atomic E-state index is 11.8. The first-order valence-electron chi connectivity index (χ1n) is 5.39. The number of carbonyl (C=O) groups excluding carboxylic acids is 2. The Bertz CT molecular complexity index is 239. The first kappa shape index (κ1) is 14.1. The molecule has 0 spiro atoms. The predicted molar refractivity (Wildman–Crippen MR) is 59.4 cm³/mol. The number of ether oxygens (including phenoxy) is 1. The van der Waals surface area contributed by atoms with Crippen molar-refractivity contribution in [3.63, 3.8) is 0 Å². The van der Waals surface area contributed by atoms with Crippen LogP contribution in [0.2, 0.25) is 0 Å². The quantitative estimate of drug-likeness (QED) is 0.660. The molecule has 3 nitrogen and oxygen atoms in total. The van der Waals surface area contributed by atoms with E-state index in [4.69, 9.17) is 4.74 Å². The average Bonchev–Trinajstić information content (AvgIpc) is 2.12. The van der Waals surface area contributed by atoms with Gasteiger partial charge in [0.1, 0.15) is 12.4 Å². The molecular weight excluding hydrogens is 192 g/mol. The van der Waals surface area contributed by atoms with Crippen LogP contribution in [0.15, 0.2) is 0 Å². The first-order valence-corrected chi connectivity index (χ1v) is 5.39. The van der Waals surface area contributed by atoms with Gasteiger partial charge < -0.3 is 4.74 Å². The summed E-state index contributed by atoms with van der Waals surface area (Å²) in [5.74, 6) is -0.300. The summed E-state index contributed by atoms with van der Waals surface area (Å²) in [4.78, 5) is 23.0. The van der Waals surface area contributed by atoms with E-state index in [9.17, 15) is 9.59 Å². The van der Waals surface area contributed by atoms with Gasteiger partial charge in [-0.25, -0.2) is 0 Å². The second-order valence-electron chi connectivity index (χ2n) is 5.17. The Morgan fingerprint density at radius 2 is 1.53 bits per heavy atom. The third-order valence-corrected chi connectivity index (χ3v) is 2.24. The normalized spacial score (nSPS) is 12.0. The molecule has 0 N–H and O–H groups in total. The molecule has 0 rings (SSSR count). The minimum absolute atomic E-state index is 0.0299. The summed E-state index contributed by atoms with van der Waals surface area (Å²) in [5.41, 5.74) is -0.585. The summed E-state index contributed by atoms with van der Waals surface area (Å²) in [6.45, 7) is 11.1. The van der Waals surface area contributed by atoms with Crippen LogP contribution >= 0.6 is 0 Å². The molecule has 0 aliphatic rings. The van der Waals surface area contributed by atoms with E-state index < -0.39 is 5.41 Å². The molecule has 88 valence electrons. The van der Waals surface area contributed by atoms with Crippen molar-refractivity contribution in [2.24, 2.45) is 17.3 Å². The van der Waals surface area contributed by atoms with Crippen LogP contribution in [0.1, 0.15) is 41.5 Å². The number of rotatable bonds is 5. The molecule has 15 heavy (non-hydrogen) atoms. The molecule has 0 saturated heterocycles. The van der Waals surface area contributed by atoms with Crippen LogP contribution in [0.3, 0.4) is 0 Å². The molecule has 0 aliphatic carbocycles. The third kappa shape index (κ3) is 4.45. The Hall–Kier alpha value is -0.860. The zero-order valence-corrected chi connectivity index (χ0v) is 10.6. The van der Waals surface area contributed by atoms with Crippen LogP contribution < -0.4 is 0 Å². The molecule has 0 aromatic heterocycles. The molecule has 0 radical (unpaired) electrons. The van der Waals surface area contributed by atoms with Gasteiger partial charge in [0.05, 0.1) is 11.3 Å². The summed E-state index contributed by atoms with van der Waals surface area (Å²) in [5, 5.41) is 0. The van der Waals surface area contributed by atoms with Gasteiger partial charge in [-0.15, -0.1) is 0 Å². The highest BCUT2D eigenvalue weighted by molar-refractivity contribution is 5.86. The molecule has 0 aliphatic heterocycles. The average molecular weight is 214 g/mol. The van der Waals surface area contributed by atoms with Gasteiger partial charge in [-0.2, -0.15) is 0 Å². The van der Waals surface area contributed by atoms with Crippen molar-refractivity contribution in [1.29, 1.82) is 0 Å². The fraction of sp³-hybridized carbons (Fsp3) is 0.833.